The lowest BCUT2D eigenvalue weighted by Crippen LogP contribution is -2.35. The average Bonchev–Trinajstić information content (AvgIpc) is 2.80. The molecule has 2 aromatic rings. The van der Waals surface area contributed by atoms with Gasteiger partial charge in [-0.15, -0.1) is 0 Å². The van der Waals surface area contributed by atoms with Crippen LogP contribution in [0, 0.1) is 12.7 Å². The number of benzene rings is 1. The molecular formula is C15H20FN3O2. The standard InChI is InChI=1S/C15H20FN3O2/c1-10-18-13(21-19-10)9-20-14-11(6-5-7-12(14)16)8-17-15(2,3)4/h5-7,17H,8-9H2,1-4H3. The Morgan fingerprint density at radius 1 is 1.33 bits per heavy atom. The molecule has 0 radical (unpaired) electrons. The zero-order valence-corrected chi connectivity index (χ0v) is 12.7. The summed E-state index contributed by atoms with van der Waals surface area (Å²) in [4.78, 5) is 4.03. The Bertz CT molecular complexity index is 605. The molecule has 114 valence electrons. The Hall–Kier alpha value is -1.95. The van der Waals surface area contributed by atoms with Crippen LogP contribution in [-0.4, -0.2) is 15.7 Å². The predicted octanol–water partition coefficient (Wildman–Crippen LogP) is 2.98. The second kappa shape index (κ2) is 6.22. The molecule has 0 aliphatic carbocycles. The van der Waals surface area contributed by atoms with E-state index in [2.05, 4.69) is 15.5 Å². The number of para-hydroxylation sites is 1. The van der Waals surface area contributed by atoms with E-state index >= 15 is 0 Å². The topological polar surface area (TPSA) is 60.2 Å². The number of nitrogens with one attached hydrogen (secondary N) is 1. The second-order valence-electron chi connectivity index (χ2n) is 5.86. The third-order valence-electron chi connectivity index (χ3n) is 2.77. The highest BCUT2D eigenvalue weighted by atomic mass is 19.1. The van der Waals surface area contributed by atoms with Crippen molar-refractivity contribution >= 4 is 0 Å². The summed E-state index contributed by atoms with van der Waals surface area (Å²) >= 11 is 0. The summed E-state index contributed by atoms with van der Waals surface area (Å²) in [7, 11) is 0. The van der Waals surface area contributed by atoms with Gasteiger partial charge in [0, 0.05) is 17.6 Å². The van der Waals surface area contributed by atoms with Gasteiger partial charge in [-0.05, 0) is 33.8 Å². The molecule has 0 saturated heterocycles. The molecule has 0 spiro atoms. The Morgan fingerprint density at radius 3 is 2.71 bits per heavy atom. The smallest absolute Gasteiger partial charge is 0.264 e. The largest absolute Gasteiger partial charge is 0.480 e. The fourth-order valence-electron chi connectivity index (χ4n) is 1.75. The summed E-state index contributed by atoms with van der Waals surface area (Å²) < 4.78 is 24.4. The van der Waals surface area contributed by atoms with Crippen molar-refractivity contribution in [2.75, 3.05) is 0 Å². The molecule has 0 bridgehead atoms. The van der Waals surface area contributed by atoms with Crippen molar-refractivity contribution in [3.05, 3.63) is 41.3 Å². The molecule has 6 heteroatoms. The van der Waals surface area contributed by atoms with Gasteiger partial charge in [-0.25, -0.2) is 4.39 Å². The van der Waals surface area contributed by atoms with Crippen molar-refractivity contribution in [3.63, 3.8) is 0 Å². The number of rotatable bonds is 5. The van der Waals surface area contributed by atoms with Gasteiger partial charge in [0.2, 0.25) is 0 Å². The number of ether oxygens (including phenoxy) is 1. The number of nitrogens with zero attached hydrogens (tertiary/aromatic N) is 2. The molecule has 5 nitrogen and oxygen atoms in total. The molecule has 0 aliphatic rings. The van der Waals surface area contributed by atoms with E-state index in [1.54, 1.807) is 13.0 Å². The Morgan fingerprint density at radius 2 is 2.10 bits per heavy atom. The van der Waals surface area contributed by atoms with Crippen molar-refractivity contribution in [1.82, 2.24) is 15.5 Å². The molecule has 0 amide bonds. The van der Waals surface area contributed by atoms with Crippen LogP contribution in [-0.2, 0) is 13.2 Å². The molecule has 1 heterocycles. The van der Waals surface area contributed by atoms with Gasteiger partial charge in [-0.3, -0.25) is 0 Å². The maximum atomic E-state index is 14.0. The van der Waals surface area contributed by atoms with Crippen LogP contribution >= 0.6 is 0 Å². The molecule has 0 atom stereocenters. The average molecular weight is 293 g/mol. The number of hydrogen-bond acceptors (Lipinski definition) is 5. The number of aromatic nitrogens is 2. The maximum absolute atomic E-state index is 14.0. The van der Waals surface area contributed by atoms with Crippen LogP contribution in [0.3, 0.4) is 0 Å². The fourth-order valence-corrected chi connectivity index (χ4v) is 1.75. The molecule has 1 aromatic carbocycles. The van der Waals surface area contributed by atoms with Crippen molar-refractivity contribution in [1.29, 1.82) is 0 Å². The number of halogens is 1. The summed E-state index contributed by atoms with van der Waals surface area (Å²) in [6, 6.07) is 4.86. The van der Waals surface area contributed by atoms with Crippen LogP contribution in [0.4, 0.5) is 4.39 Å². The van der Waals surface area contributed by atoms with E-state index in [0.29, 0.717) is 18.3 Å². The van der Waals surface area contributed by atoms with Gasteiger partial charge in [-0.2, -0.15) is 4.98 Å². The molecular weight excluding hydrogens is 273 g/mol. The molecule has 21 heavy (non-hydrogen) atoms. The van der Waals surface area contributed by atoms with Gasteiger partial charge in [-0.1, -0.05) is 17.3 Å². The van der Waals surface area contributed by atoms with Gasteiger partial charge in [0.1, 0.15) is 0 Å². The molecule has 2 rings (SSSR count). The van der Waals surface area contributed by atoms with E-state index in [9.17, 15) is 4.39 Å². The SMILES string of the molecule is Cc1noc(COc2c(F)cccc2CNC(C)(C)C)n1. The van der Waals surface area contributed by atoms with E-state index in [-0.39, 0.29) is 17.9 Å². The Kier molecular flexibility index (Phi) is 4.57. The molecule has 1 aromatic heterocycles. The first kappa shape index (κ1) is 15.4. The van der Waals surface area contributed by atoms with Crippen LogP contribution < -0.4 is 10.1 Å². The van der Waals surface area contributed by atoms with Gasteiger partial charge in [0.05, 0.1) is 0 Å². The van der Waals surface area contributed by atoms with Crippen LogP contribution in [0.15, 0.2) is 22.7 Å². The van der Waals surface area contributed by atoms with E-state index < -0.39 is 5.82 Å². The summed E-state index contributed by atoms with van der Waals surface area (Å²) in [5.41, 5.74) is 0.689. The zero-order valence-electron chi connectivity index (χ0n) is 12.7. The quantitative estimate of drug-likeness (QED) is 0.918. The van der Waals surface area contributed by atoms with E-state index in [4.69, 9.17) is 9.26 Å². The maximum Gasteiger partial charge on any atom is 0.264 e. The van der Waals surface area contributed by atoms with E-state index in [1.807, 2.05) is 26.8 Å². The fraction of sp³-hybridized carbons (Fsp3) is 0.467. The van der Waals surface area contributed by atoms with Crippen molar-refractivity contribution in [2.45, 2.75) is 46.4 Å². The molecule has 1 N–H and O–H groups in total. The first-order chi connectivity index (χ1) is 9.85. The summed E-state index contributed by atoms with van der Waals surface area (Å²) in [6.45, 7) is 8.43. The molecule has 0 unspecified atom stereocenters. The normalized spacial score (nSPS) is 11.7. The minimum Gasteiger partial charge on any atom is -0.480 e. The molecule has 0 fully saturated rings. The zero-order chi connectivity index (χ0) is 15.5. The predicted molar refractivity (Wildman–Crippen MR) is 76.4 cm³/mol. The monoisotopic (exact) mass is 293 g/mol. The lowest BCUT2D eigenvalue weighted by molar-refractivity contribution is 0.231. The molecule has 0 saturated carbocycles. The first-order valence-electron chi connectivity index (χ1n) is 6.79. The van der Waals surface area contributed by atoms with Crippen LogP contribution in [0.1, 0.15) is 38.0 Å². The van der Waals surface area contributed by atoms with Crippen LogP contribution in [0.25, 0.3) is 0 Å². The first-order valence-corrected chi connectivity index (χ1v) is 6.79. The number of aryl methyl sites for hydroxylation is 1. The third kappa shape index (κ3) is 4.53. The summed E-state index contributed by atoms with van der Waals surface area (Å²) in [6.07, 6.45) is 0. The summed E-state index contributed by atoms with van der Waals surface area (Å²) in [5, 5.41) is 6.98. The highest BCUT2D eigenvalue weighted by Crippen LogP contribution is 2.24. The minimum absolute atomic E-state index is 0.0459. The molecule has 0 aliphatic heterocycles. The van der Waals surface area contributed by atoms with Gasteiger partial charge in [0.25, 0.3) is 5.89 Å². The van der Waals surface area contributed by atoms with Gasteiger partial charge in [0.15, 0.2) is 24.0 Å². The number of hydrogen-bond donors (Lipinski definition) is 1. The third-order valence-corrected chi connectivity index (χ3v) is 2.77. The minimum atomic E-state index is -0.403. The highest BCUT2D eigenvalue weighted by Gasteiger charge is 2.15. The van der Waals surface area contributed by atoms with Crippen molar-refractivity contribution in [3.8, 4) is 5.75 Å². The van der Waals surface area contributed by atoms with E-state index in [1.165, 1.54) is 6.07 Å². The van der Waals surface area contributed by atoms with Gasteiger partial charge < -0.3 is 14.6 Å². The van der Waals surface area contributed by atoms with E-state index in [0.717, 1.165) is 5.56 Å². The second-order valence-corrected chi connectivity index (χ2v) is 5.86. The lowest BCUT2D eigenvalue weighted by atomic mass is 10.1. The van der Waals surface area contributed by atoms with Crippen LogP contribution in [0.5, 0.6) is 5.75 Å². The van der Waals surface area contributed by atoms with Crippen molar-refractivity contribution in [2.24, 2.45) is 0 Å². The van der Waals surface area contributed by atoms with Crippen LogP contribution in [0.2, 0.25) is 0 Å². The Labute approximate surface area is 123 Å². The lowest BCUT2D eigenvalue weighted by Gasteiger charge is -2.21. The van der Waals surface area contributed by atoms with Crippen molar-refractivity contribution < 1.29 is 13.7 Å². The Balaban J connectivity index is 2.10. The highest BCUT2D eigenvalue weighted by molar-refractivity contribution is 5.35. The summed E-state index contributed by atoms with van der Waals surface area (Å²) in [5.74, 6) is 0.659. The van der Waals surface area contributed by atoms with Gasteiger partial charge >= 0.3 is 0 Å².